The van der Waals surface area contributed by atoms with Crippen LogP contribution in [-0.4, -0.2) is 19.0 Å². The first-order chi connectivity index (χ1) is 15.8. The van der Waals surface area contributed by atoms with E-state index in [1.807, 2.05) is 38.1 Å². The third-order valence-electron chi connectivity index (χ3n) is 5.72. The highest BCUT2D eigenvalue weighted by Gasteiger charge is 2.42. The van der Waals surface area contributed by atoms with Gasteiger partial charge in [-0.15, -0.1) is 0 Å². The van der Waals surface area contributed by atoms with Crippen LogP contribution < -0.4 is 15.2 Å². The number of halogens is 1. The predicted octanol–water partition coefficient (Wildman–Crippen LogP) is 5.25. The van der Waals surface area contributed by atoms with Gasteiger partial charge in [0, 0.05) is 23.4 Å². The highest BCUT2D eigenvalue weighted by molar-refractivity contribution is 6.30. The Hall–Kier alpha value is -3.43. The van der Waals surface area contributed by atoms with E-state index in [9.17, 15) is 10.1 Å². The molecule has 0 radical (unpaired) electrons. The van der Waals surface area contributed by atoms with Crippen molar-refractivity contribution < 1.29 is 19.0 Å². The van der Waals surface area contributed by atoms with Crippen molar-refractivity contribution in [3.8, 4) is 17.6 Å². The summed E-state index contributed by atoms with van der Waals surface area (Å²) in [6.07, 6.45) is 0.998. The van der Waals surface area contributed by atoms with Gasteiger partial charge in [0.25, 0.3) is 0 Å². The molecule has 0 fully saturated rings. The molecule has 0 amide bonds. The number of ether oxygens (including phenoxy) is 3. The molecule has 33 heavy (non-hydrogen) atoms. The lowest BCUT2D eigenvalue weighted by atomic mass is 9.70. The molecule has 0 saturated carbocycles. The number of hydrogen-bond acceptors (Lipinski definition) is 6. The van der Waals surface area contributed by atoms with Crippen molar-refractivity contribution in [2.75, 3.05) is 13.2 Å². The molecule has 0 saturated heterocycles. The molecule has 2 N–H and O–H groups in total. The normalized spacial score (nSPS) is 19.5. The van der Waals surface area contributed by atoms with E-state index >= 15 is 0 Å². The number of nitrogens with zero attached hydrogens (tertiary/aromatic N) is 1. The van der Waals surface area contributed by atoms with E-state index < -0.39 is 5.92 Å². The summed E-state index contributed by atoms with van der Waals surface area (Å²) in [6.45, 7) is 4.78. The molecule has 1 aliphatic heterocycles. The van der Waals surface area contributed by atoms with Gasteiger partial charge in [-0.05, 0) is 47.4 Å². The summed E-state index contributed by atoms with van der Waals surface area (Å²) < 4.78 is 17.1. The van der Waals surface area contributed by atoms with Gasteiger partial charge in [-0.3, -0.25) is 4.79 Å². The number of nitrogens with two attached hydrogens (primary N) is 1. The topological polar surface area (TPSA) is 94.6 Å². The molecule has 170 valence electrons. The Balaban J connectivity index is 1.47. The SMILES string of the molecule is CC1(C)CC(=O)C2=C(C1)OC(N)=C(C#N)C2c1ccc(OCCOc2ccc(Cl)cc2)cc1. The van der Waals surface area contributed by atoms with Crippen LogP contribution in [0.3, 0.4) is 0 Å². The van der Waals surface area contributed by atoms with E-state index in [-0.39, 0.29) is 22.7 Å². The zero-order valence-electron chi connectivity index (χ0n) is 18.6. The first kappa shape index (κ1) is 22.8. The van der Waals surface area contributed by atoms with Crippen molar-refractivity contribution >= 4 is 17.4 Å². The van der Waals surface area contributed by atoms with Gasteiger partial charge in [0.1, 0.15) is 42.1 Å². The molecule has 1 aliphatic carbocycles. The lowest BCUT2D eigenvalue weighted by molar-refractivity contribution is -0.119. The number of rotatable bonds is 6. The fourth-order valence-corrected chi connectivity index (χ4v) is 4.35. The van der Waals surface area contributed by atoms with Gasteiger partial charge < -0.3 is 19.9 Å². The van der Waals surface area contributed by atoms with Crippen molar-refractivity contribution in [2.24, 2.45) is 11.1 Å². The maximum atomic E-state index is 13.0. The summed E-state index contributed by atoms with van der Waals surface area (Å²) in [5.41, 5.74) is 7.44. The number of benzene rings is 2. The van der Waals surface area contributed by atoms with Gasteiger partial charge in [0.2, 0.25) is 5.88 Å². The molecule has 0 spiro atoms. The Labute approximate surface area is 198 Å². The number of Topliss-reactive ketones (excluding diaryl/α,β-unsaturated/α-hetero) is 1. The average Bonchev–Trinajstić information content (AvgIpc) is 2.76. The van der Waals surface area contributed by atoms with E-state index in [0.717, 1.165) is 11.3 Å². The quantitative estimate of drug-likeness (QED) is 0.587. The van der Waals surface area contributed by atoms with Crippen LogP contribution in [0, 0.1) is 16.7 Å². The molecule has 0 bridgehead atoms. The molecule has 1 atom stereocenters. The van der Waals surface area contributed by atoms with Crippen LogP contribution in [0.2, 0.25) is 5.02 Å². The highest BCUT2D eigenvalue weighted by atomic mass is 35.5. The average molecular weight is 465 g/mol. The standard InChI is InChI=1S/C26H25ClN2O4/c1-26(2)13-21(30)24-22(14-26)33-25(29)20(15-28)23(24)16-3-7-18(8-4-16)31-11-12-32-19-9-5-17(27)6-10-19/h3-10,23H,11-14,29H2,1-2H3. The van der Waals surface area contributed by atoms with Gasteiger partial charge >= 0.3 is 0 Å². The Kier molecular flexibility index (Phi) is 6.35. The van der Waals surface area contributed by atoms with E-state index in [4.69, 9.17) is 31.5 Å². The van der Waals surface area contributed by atoms with E-state index in [1.54, 1.807) is 24.3 Å². The summed E-state index contributed by atoms with van der Waals surface area (Å²) >= 11 is 5.87. The van der Waals surface area contributed by atoms with Crippen LogP contribution in [0.4, 0.5) is 0 Å². The number of ketones is 1. The first-order valence-corrected chi connectivity index (χ1v) is 11.1. The first-order valence-electron chi connectivity index (χ1n) is 10.7. The van der Waals surface area contributed by atoms with Crippen molar-refractivity contribution in [1.82, 2.24) is 0 Å². The maximum absolute atomic E-state index is 13.0. The van der Waals surface area contributed by atoms with Crippen LogP contribution >= 0.6 is 11.6 Å². The smallest absolute Gasteiger partial charge is 0.205 e. The number of carbonyl (C=O) groups excluding carboxylic acids is 1. The lowest BCUT2D eigenvalue weighted by Gasteiger charge is -2.37. The van der Waals surface area contributed by atoms with Crippen LogP contribution in [0.5, 0.6) is 11.5 Å². The van der Waals surface area contributed by atoms with Crippen molar-refractivity contribution in [3.63, 3.8) is 0 Å². The molecule has 1 unspecified atom stereocenters. The third-order valence-corrected chi connectivity index (χ3v) is 5.98. The molecule has 2 aromatic carbocycles. The van der Waals surface area contributed by atoms with E-state index in [2.05, 4.69) is 6.07 Å². The largest absolute Gasteiger partial charge is 0.490 e. The fraction of sp³-hybridized carbons (Fsp3) is 0.308. The van der Waals surface area contributed by atoms with Crippen molar-refractivity contribution in [3.05, 3.63) is 81.9 Å². The molecular weight excluding hydrogens is 440 g/mol. The minimum absolute atomic E-state index is 0.00817. The van der Waals surface area contributed by atoms with Crippen LogP contribution in [-0.2, 0) is 9.53 Å². The minimum Gasteiger partial charge on any atom is -0.490 e. The van der Waals surface area contributed by atoms with Gasteiger partial charge in [0.05, 0.1) is 5.92 Å². The minimum atomic E-state index is -0.537. The van der Waals surface area contributed by atoms with E-state index in [1.165, 1.54) is 0 Å². The lowest BCUT2D eigenvalue weighted by Crippen LogP contribution is -2.33. The summed E-state index contributed by atoms with van der Waals surface area (Å²) in [4.78, 5) is 13.0. The fourth-order valence-electron chi connectivity index (χ4n) is 4.22. The summed E-state index contributed by atoms with van der Waals surface area (Å²) in [7, 11) is 0. The van der Waals surface area contributed by atoms with Crippen molar-refractivity contribution in [2.45, 2.75) is 32.6 Å². The summed E-state index contributed by atoms with van der Waals surface area (Å²) in [5, 5.41) is 10.4. The molecule has 1 heterocycles. The Morgan fingerprint density at radius 1 is 1.06 bits per heavy atom. The molecule has 4 rings (SSSR count). The second kappa shape index (κ2) is 9.21. The van der Waals surface area contributed by atoms with Crippen LogP contribution in [0.25, 0.3) is 0 Å². The Morgan fingerprint density at radius 2 is 1.64 bits per heavy atom. The monoisotopic (exact) mass is 464 g/mol. The van der Waals surface area contributed by atoms with Gasteiger partial charge in [-0.1, -0.05) is 37.6 Å². The number of nitriles is 1. The highest BCUT2D eigenvalue weighted by Crippen LogP contribution is 2.47. The predicted molar refractivity (Wildman–Crippen MR) is 125 cm³/mol. The molecule has 2 aliphatic rings. The molecule has 2 aromatic rings. The Bertz CT molecular complexity index is 1160. The van der Waals surface area contributed by atoms with E-state index in [0.29, 0.717) is 48.2 Å². The van der Waals surface area contributed by atoms with Gasteiger partial charge in [0.15, 0.2) is 5.78 Å². The zero-order valence-corrected chi connectivity index (χ0v) is 19.3. The summed E-state index contributed by atoms with van der Waals surface area (Å²) in [5.74, 6) is 1.46. The van der Waals surface area contributed by atoms with Gasteiger partial charge in [-0.2, -0.15) is 5.26 Å². The summed E-state index contributed by atoms with van der Waals surface area (Å²) in [6, 6.07) is 16.6. The third kappa shape index (κ3) is 4.99. The maximum Gasteiger partial charge on any atom is 0.205 e. The second-order valence-electron chi connectivity index (χ2n) is 8.92. The molecular formula is C26H25ClN2O4. The van der Waals surface area contributed by atoms with Crippen LogP contribution in [0.15, 0.2) is 71.3 Å². The zero-order chi connectivity index (χ0) is 23.6. The molecule has 6 nitrogen and oxygen atoms in total. The number of allylic oxidation sites excluding steroid dienone is 3. The molecule has 7 heteroatoms. The Morgan fingerprint density at radius 3 is 2.21 bits per heavy atom. The van der Waals surface area contributed by atoms with Crippen molar-refractivity contribution in [1.29, 1.82) is 5.26 Å². The molecule has 0 aromatic heterocycles. The van der Waals surface area contributed by atoms with Gasteiger partial charge in [-0.25, -0.2) is 0 Å². The van der Waals surface area contributed by atoms with Crippen LogP contribution in [0.1, 0.15) is 38.2 Å². The number of carbonyl (C=O) groups is 1. The number of hydrogen-bond donors (Lipinski definition) is 1. The second-order valence-corrected chi connectivity index (χ2v) is 9.36.